The van der Waals surface area contributed by atoms with Gasteiger partial charge >= 0.3 is 6.09 Å². The zero-order valence-corrected chi connectivity index (χ0v) is 25.2. The van der Waals surface area contributed by atoms with E-state index in [0.717, 1.165) is 0 Å². The lowest BCUT2D eigenvalue weighted by atomic mass is 9.87. The number of phenolic OH excluding ortho intramolecular Hbond substituents is 2. The fourth-order valence-corrected chi connectivity index (χ4v) is 4.98. The van der Waals surface area contributed by atoms with Gasteiger partial charge < -0.3 is 45.9 Å². The van der Waals surface area contributed by atoms with Crippen LogP contribution in [-0.4, -0.2) is 72.5 Å². The number of methoxy groups -OCH3 is 2. The maximum atomic E-state index is 13.0. The molecule has 7 N–H and O–H groups in total. The first-order valence-corrected chi connectivity index (χ1v) is 13.8. The largest absolute Gasteiger partial charge is 0.506 e. The van der Waals surface area contributed by atoms with Crippen molar-refractivity contribution in [3.05, 3.63) is 59.7 Å². The van der Waals surface area contributed by atoms with Crippen LogP contribution in [0.5, 0.6) is 11.5 Å². The molecule has 232 valence electrons. The molecule has 0 saturated carbocycles. The molecule has 0 aliphatic carbocycles. The summed E-state index contributed by atoms with van der Waals surface area (Å²) in [4.78, 5) is 24.7. The number of rotatable bonds is 6. The normalized spacial score (nSPS) is 29.3. The van der Waals surface area contributed by atoms with Crippen molar-refractivity contribution >= 4 is 23.4 Å². The second kappa shape index (κ2) is 16.0. The van der Waals surface area contributed by atoms with Gasteiger partial charge in [0.2, 0.25) is 0 Å². The third-order valence-corrected chi connectivity index (χ3v) is 7.25. The van der Waals surface area contributed by atoms with Crippen LogP contribution in [0.3, 0.4) is 0 Å². The first kappa shape index (κ1) is 34.4. The Hall–Kier alpha value is -3.80. The van der Waals surface area contributed by atoms with E-state index in [1.165, 1.54) is 26.4 Å². The van der Waals surface area contributed by atoms with Crippen molar-refractivity contribution in [2.75, 3.05) is 31.4 Å². The monoisotopic (exact) mass is 587 g/mol. The van der Waals surface area contributed by atoms with E-state index in [4.69, 9.17) is 19.9 Å². The number of aliphatic hydroxyl groups excluding tert-OH is 1. The number of nitrogens with two attached hydrogens (primary N) is 1. The number of carbonyl (C=O) groups is 2. The van der Waals surface area contributed by atoms with E-state index >= 15 is 0 Å². The van der Waals surface area contributed by atoms with Crippen LogP contribution in [0.15, 0.2) is 54.2 Å². The molecule has 11 nitrogen and oxygen atoms in total. The minimum absolute atomic E-state index is 0.0416. The third kappa shape index (κ3) is 9.10. The summed E-state index contributed by atoms with van der Waals surface area (Å²) in [5.74, 6) is -1.41. The van der Waals surface area contributed by atoms with E-state index in [-0.39, 0.29) is 23.1 Å². The van der Waals surface area contributed by atoms with Crippen molar-refractivity contribution in [2.24, 2.45) is 17.6 Å². The van der Waals surface area contributed by atoms with Crippen LogP contribution in [0.1, 0.15) is 39.7 Å². The highest BCUT2D eigenvalue weighted by Gasteiger charge is 2.30. The number of benzene rings is 1. The summed E-state index contributed by atoms with van der Waals surface area (Å²) < 4.78 is 16.6. The average Bonchev–Trinajstić information content (AvgIpc) is 2.94. The van der Waals surface area contributed by atoms with Gasteiger partial charge in [0.05, 0.1) is 23.6 Å². The molecule has 1 aromatic rings. The van der Waals surface area contributed by atoms with Gasteiger partial charge in [0.1, 0.15) is 17.6 Å². The SMILES string of the molecule is C=CCNc1c(O)cc2c(O)c1C[C@@H](C)CC(OC)[C@H](O)C(C)/C=C(\C)C(OC(N)=O)C(OC)/C=C\C=C(/C)C(=O)N2. The molecule has 0 spiro atoms. The number of carbonyl (C=O) groups excluding carboxylic acids is 2. The molecule has 1 heterocycles. The number of anilines is 2. The van der Waals surface area contributed by atoms with Crippen LogP contribution in [0.2, 0.25) is 0 Å². The molecule has 42 heavy (non-hydrogen) atoms. The van der Waals surface area contributed by atoms with Crippen molar-refractivity contribution < 1.29 is 39.1 Å². The second-order valence-electron chi connectivity index (χ2n) is 10.6. The van der Waals surface area contributed by atoms with Gasteiger partial charge in [0.15, 0.2) is 6.10 Å². The summed E-state index contributed by atoms with van der Waals surface area (Å²) in [6.07, 6.45) is 4.64. The molecule has 1 aromatic carbocycles. The summed E-state index contributed by atoms with van der Waals surface area (Å²) in [7, 11) is 2.95. The van der Waals surface area contributed by atoms with E-state index in [2.05, 4.69) is 17.2 Å². The number of ether oxygens (including phenoxy) is 3. The molecule has 2 amide bonds. The second-order valence-corrected chi connectivity index (χ2v) is 10.6. The van der Waals surface area contributed by atoms with E-state index in [9.17, 15) is 24.9 Å². The maximum Gasteiger partial charge on any atom is 0.405 e. The fraction of sp³-hybridized carbons (Fsp3) is 0.484. The first-order valence-electron chi connectivity index (χ1n) is 13.8. The zero-order valence-electron chi connectivity index (χ0n) is 25.2. The molecule has 1 aliphatic heterocycles. The highest BCUT2D eigenvalue weighted by Crippen LogP contribution is 2.42. The number of amides is 2. The van der Waals surface area contributed by atoms with Crippen molar-refractivity contribution in [3.8, 4) is 11.5 Å². The van der Waals surface area contributed by atoms with Gasteiger partial charge in [0.25, 0.3) is 5.91 Å². The lowest BCUT2D eigenvalue weighted by molar-refractivity contribution is -0.112. The van der Waals surface area contributed by atoms with Crippen molar-refractivity contribution in [1.29, 1.82) is 0 Å². The number of hydrogen-bond acceptors (Lipinski definition) is 9. The number of nitrogens with one attached hydrogen (secondary N) is 2. The number of hydrogen-bond donors (Lipinski definition) is 6. The number of allylic oxidation sites excluding steroid dienone is 2. The topological polar surface area (TPSA) is 173 Å². The van der Waals surface area contributed by atoms with Gasteiger partial charge in [-0.15, -0.1) is 6.58 Å². The highest BCUT2D eigenvalue weighted by molar-refractivity contribution is 6.04. The summed E-state index contributed by atoms with van der Waals surface area (Å²) >= 11 is 0. The van der Waals surface area contributed by atoms with Crippen LogP contribution in [0.25, 0.3) is 0 Å². The number of aromatic hydroxyl groups is 2. The molecule has 11 heteroatoms. The lowest BCUT2D eigenvalue weighted by Crippen LogP contribution is -2.37. The molecule has 2 rings (SSSR count). The minimum atomic E-state index is -0.990. The van der Waals surface area contributed by atoms with Crippen molar-refractivity contribution in [1.82, 2.24) is 0 Å². The van der Waals surface area contributed by atoms with Crippen molar-refractivity contribution in [3.63, 3.8) is 0 Å². The standard InChI is InChI=1S/C31H45N3O8/c1-8-12-33-26-21-13-17(2)14-25(41-7)27(36)19(4)15-20(5)29(42-31(32)39)24(40-6)11-9-10-18(3)30(38)34-22(28(21)37)16-23(26)35/h8-11,15-17,19,24-25,27,29,33,35-37H,1,12-14H2,2-7H3,(H2,32,39)(H,34,38)/b11-9-,18-10+,20-15+/t17-,19?,24?,25?,27-,29?/m1/s1. The predicted molar refractivity (Wildman–Crippen MR) is 162 cm³/mol. The number of fused-ring (bicyclic) bond motifs is 2. The Morgan fingerprint density at radius 1 is 1.24 bits per heavy atom. The van der Waals surface area contributed by atoms with Crippen LogP contribution in [0.4, 0.5) is 16.2 Å². The molecule has 0 aromatic heterocycles. The van der Waals surface area contributed by atoms with E-state index < -0.39 is 42.3 Å². The predicted octanol–water partition coefficient (Wildman–Crippen LogP) is 4.16. The van der Waals surface area contributed by atoms with Gasteiger partial charge in [0, 0.05) is 43.9 Å². The summed E-state index contributed by atoms with van der Waals surface area (Å²) in [6.45, 7) is 11.1. The Balaban J connectivity index is 2.67. The van der Waals surface area contributed by atoms with Gasteiger partial charge in [-0.2, -0.15) is 0 Å². The van der Waals surface area contributed by atoms with Crippen LogP contribution in [-0.2, 0) is 25.4 Å². The number of phenols is 2. The summed E-state index contributed by atoms with van der Waals surface area (Å²) in [6, 6.07) is 1.28. The Kier molecular flexibility index (Phi) is 13.1. The van der Waals surface area contributed by atoms with Crippen LogP contribution < -0.4 is 16.4 Å². The molecule has 0 saturated heterocycles. The molecule has 0 fully saturated rings. The van der Waals surface area contributed by atoms with E-state index in [1.54, 1.807) is 38.2 Å². The molecule has 4 unspecified atom stereocenters. The molecular weight excluding hydrogens is 542 g/mol. The zero-order chi connectivity index (χ0) is 31.6. The van der Waals surface area contributed by atoms with Crippen LogP contribution in [0, 0.1) is 11.8 Å². The van der Waals surface area contributed by atoms with E-state index in [0.29, 0.717) is 41.8 Å². The Morgan fingerprint density at radius 2 is 1.93 bits per heavy atom. The van der Waals surface area contributed by atoms with Gasteiger partial charge in [-0.3, -0.25) is 4.79 Å². The quantitative estimate of drug-likeness (QED) is 0.162. The number of primary amides is 1. The Labute approximate surface area is 247 Å². The molecule has 6 atom stereocenters. The summed E-state index contributed by atoms with van der Waals surface area (Å²) in [5, 5.41) is 39.1. The molecule has 1 aliphatic rings. The average molecular weight is 588 g/mol. The third-order valence-electron chi connectivity index (χ3n) is 7.25. The van der Waals surface area contributed by atoms with Gasteiger partial charge in [-0.1, -0.05) is 44.2 Å². The van der Waals surface area contributed by atoms with Gasteiger partial charge in [-0.25, -0.2) is 4.79 Å². The molecular formula is C31H45N3O8. The van der Waals surface area contributed by atoms with E-state index in [1.807, 2.05) is 13.8 Å². The highest BCUT2D eigenvalue weighted by atomic mass is 16.6. The molecule has 2 bridgehead atoms. The minimum Gasteiger partial charge on any atom is -0.506 e. The number of aliphatic hydroxyl groups is 1. The Bertz CT molecular complexity index is 1210. The van der Waals surface area contributed by atoms with Crippen LogP contribution >= 0.6 is 0 Å². The first-order chi connectivity index (χ1) is 19.8. The lowest BCUT2D eigenvalue weighted by Gasteiger charge is -2.29. The van der Waals surface area contributed by atoms with Gasteiger partial charge in [-0.05, 0) is 38.2 Å². The smallest absolute Gasteiger partial charge is 0.405 e. The fourth-order valence-electron chi connectivity index (χ4n) is 4.98. The maximum absolute atomic E-state index is 13.0. The van der Waals surface area contributed by atoms with Crippen molar-refractivity contribution in [2.45, 2.75) is 65.0 Å². The summed E-state index contributed by atoms with van der Waals surface area (Å²) in [5.41, 5.74) is 7.01. The molecule has 0 radical (unpaired) electrons. The Morgan fingerprint density at radius 3 is 2.52 bits per heavy atom.